The third-order valence-electron chi connectivity index (χ3n) is 5.35. The molecule has 2 aromatic carbocycles. The monoisotopic (exact) mass is 415 g/mol. The third-order valence-corrected chi connectivity index (χ3v) is 5.35. The van der Waals surface area contributed by atoms with Crippen LogP contribution in [0.25, 0.3) is 22.8 Å². The van der Waals surface area contributed by atoms with Crippen molar-refractivity contribution in [1.82, 2.24) is 14.3 Å². The van der Waals surface area contributed by atoms with Gasteiger partial charge in [-0.1, -0.05) is 37.3 Å². The van der Waals surface area contributed by atoms with Gasteiger partial charge in [-0.2, -0.15) is 5.10 Å². The van der Waals surface area contributed by atoms with Crippen molar-refractivity contribution in [3.63, 3.8) is 0 Å². The van der Waals surface area contributed by atoms with Gasteiger partial charge in [-0.3, -0.25) is 4.68 Å². The Kier molecular flexibility index (Phi) is 5.62. The number of carbonyl (C=O) groups is 1. The van der Waals surface area contributed by atoms with E-state index in [2.05, 4.69) is 5.10 Å². The molecule has 0 amide bonds. The number of ether oxygens (including phenoxy) is 1. The molecular weight excluding hydrogens is 390 g/mol. The molecule has 1 N–H and O–H groups in total. The molecule has 0 saturated carbocycles. The number of hydrogen-bond donors (Lipinski definition) is 1. The standard InChI is InChI=1S/C25H25N3O3/c1-4-19(25(29)30)14-22-17(2)26-27(3)24(22)28-13-12-20-10-11-21(15-23(20)28)31-16-18-8-6-5-7-9-18/h5-15H,4,16H2,1-3H3,(H,29,30)/b19-14+. The Hall–Kier alpha value is -3.80. The Balaban J connectivity index is 1.76. The van der Waals surface area contributed by atoms with Gasteiger partial charge in [0.1, 0.15) is 18.2 Å². The van der Waals surface area contributed by atoms with E-state index in [4.69, 9.17) is 4.74 Å². The highest BCUT2D eigenvalue weighted by atomic mass is 16.5. The summed E-state index contributed by atoms with van der Waals surface area (Å²) < 4.78 is 9.83. The molecule has 0 atom stereocenters. The van der Waals surface area contributed by atoms with Crippen molar-refractivity contribution in [2.24, 2.45) is 7.05 Å². The summed E-state index contributed by atoms with van der Waals surface area (Å²) >= 11 is 0. The van der Waals surface area contributed by atoms with E-state index in [1.165, 1.54) is 0 Å². The smallest absolute Gasteiger partial charge is 0.331 e. The number of benzene rings is 2. The number of aliphatic carboxylic acids is 1. The molecular formula is C25H25N3O3. The van der Waals surface area contributed by atoms with Gasteiger partial charge in [0.25, 0.3) is 0 Å². The average Bonchev–Trinajstić information content (AvgIpc) is 3.29. The van der Waals surface area contributed by atoms with Gasteiger partial charge in [-0.05, 0) is 43.2 Å². The van der Waals surface area contributed by atoms with Crippen LogP contribution in [0.2, 0.25) is 0 Å². The Morgan fingerprint density at radius 2 is 1.94 bits per heavy atom. The van der Waals surface area contributed by atoms with Crippen molar-refractivity contribution in [3.05, 3.63) is 83.2 Å². The number of carboxylic acids is 1. The predicted octanol–water partition coefficient (Wildman–Crippen LogP) is 5.13. The summed E-state index contributed by atoms with van der Waals surface area (Å²) in [6.45, 7) is 4.22. The number of rotatable bonds is 7. The van der Waals surface area contributed by atoms with Crippen molar-refractivity contribution in [3.8, 4) is 11.6 Å². The summed E-state index contributed by atoms with van der Waals surface area (Å²) in [4.78, 5) is 11.6. The Bertz CT molecular complexity index is 1270. The second-order valence-corrected chi connectivity index (χ2v) is 7.46. The number of aromatic nitrogens is 3. The molecule has 0 bridgehead atoms. The van der Waals surface area contributed by atoms with Crippen molar-refractivity contribution in [2.45, 2.75) is 26.9 Å². The van der Waals surface area contributed by atoms with Gasteiger partial charge in [0, 0.05) is 35.8 Å². The normalized spacial score (nSPS) is 11.8. The lowest BCUT2D eigenvalue weighted by atomic mass is 10.1. The SMILES string of the molecule is CC/C(=C\c1c(C)nn(C)c1-n1ccc2ccc(OCc3ccccc3)cc21)C(=O)O. The first kappa shape index (κ1) is 20.5. The lowest BCUT2D eigenvalue weighted by Crippen LogP contribution is -2.04. The topological polar surface area (TPSA) is 69.3 Å². The molecule has 2 heterocycles. The van der Waals surface area contributed by atoms with E-state index in [0.717, 1.165) is 39.3 Å². The van der Waals surface area contributed by atoms with Crippen LogP contribution in [0.15, 0.2) is 66.4 Å². The number of nitrogens with zero attached hydrogens (tertiary/aromatic N) is 3. The fraction of sp³-hybridized carbons (Fsp3) is 0.200. The van der Waals surface area contributed by atoms with Gasteiger partial charge in [0.15, 0.2) is 0 Å². The summed E-state index contributed by atoms with van der Waals surface area (Å²) in [5, 5.41) is 15.1. The third kappa shape index (κ3) is 4.10. The highest BCUT2D eigenvalue weighted by molar-refractivity contribution is 5.93. The molecule has 31 heavy (non-hydrogen) atoms. The zero-order valence-electron chi connectivity index (χ0n) is 17.9. The van der Waals surface area contributed by atoms with Crippen molar-refractivity contribution >= 4 is 22.9 Å². The number of hydrogen-bond acceptors (Lipinski definition) is 3. The van der Waals surface area contributed by atoms with Crippen LogP contribution in [0.5, 0.6) is 5.75 Å². The minimum Gasteiger partial charge on any atom is -0.489 e. The Labute approximate surface area is 181 Å². The maximum Gasteiger partial charge on any atom is 0.331 e. The molecule has 6 heteroatoms. The van der Waals surface area contributed by atoms with Crippen LogP contribution < -0.4 is 4.74 Å². The van der Waals surface area contributed by atoms with E-state index in [1.807, 2.05) is 86.3 Å². The van der Waals surface area contributed by atoms with Crippen LogP contribution in [0.4, 0.5) is 0 Å². The summed E-state index contributed by atoms with van der Waals surface area (Å²) in [6.07, 6.45) is 4.14. The van der Waals surface area contributed by atoms with E-state index in [9.17, 15) is 9.90 Å². The van der Waals surface area contributed by atoms with E-state index in [0.29, 0.717) is 18.6 Å². The molecule has 158 valence electrons. The quantitative estimate of drug-likeness (QED) is 0.425. The first-order valence-electron chi connectivity index (χ1n) is 10.2. The largest absolute Gasteiger partial charge is 0.489 e. The maximum atomic E-state index is 11.6. The minimum atomic E-state index is -0.911. The highest BCUT2D eigenvalue weighted by Gasteiger charge is 2.17. The summed E-state index contributed by atoms with van der Waals surface area (Å²) in [5.74, 6) is 0.678. The van der Waals surface area contributed by atoms with Gasteiger partial charge in [-0.25, -0.2) is 4.79 Å². The molecule has 0 unspecified atom stereocenters. The molecule has 4 rings (SSSR count). The van der Waals surface area contributed by atoms with E-state index in [-0.39, 0.29) is 0 Å². The zero-order valence-corrected chi connectivity index (χ0v) is 17.9. The van der Waals surface area contributed by atoms with Crippen LogP contribution >= 0.6 is 0 Å². The van der Waals surface area contributed by atoms with E-state index < -0.39 is 5.97 Å². The van der Waals surface area contributed by atoms with Gasteiger partial charge in [0.2, 0.25) is 0 Å². The summed E-state index contributed by atoms with van der Waals surface area (Å²) in [6, 6.07) is 18.1. The molecule has 4 aromatic rings. The van der Waals surface area contributed by atoms with Crippen LogP contribution in [-0.4, -0.2) is 25.4 Å². The molecule has 0 fully saturated rings. The number of aryl methyl sites for hydroxylation is 2. The van der Waals surface area contributed by atoms with Crippen LogP contribution in [0.1, 0.15) is 30.2 Å². The lowest BCUT2D eigenvalue weighted by molar-refractivity contribution is -0.132. The predicted molar refractivity (Wildman–Crippen MR) is 121 cm³/mol. The van der Waals surface area contributed by atoms with Crippen molar-refractivity contribution in [2.75, 3.05) is 0 Å². The first-order chi connectivity index (χ1) is 15.0. The summed E-state index contributed by atoms with van der Waals surface area (Å²) in [7, 11) is 1.87. The van der Waals surface area contributed by atoms with E-state index in [1.54, 1.807) is 10.8 Å². The molecule has 6 nitrogen and oxygen atoms in total. The maximum absolute atomic E-state index is 11.6. The van der Waals surface area contributed by atoms with Gasteiger partial charge < -0.3 is 14.4 Å². The minimum absolute atomic E-state index is 0.348. The molecule has 0 spiro atoms. The average molecular weight is 415 g/mol. The molecule has 0 radical (unpaired) electrons. The Morgan fingerprint density at radius 1 is 1.16 bits per heavy atom. The molecule has 0 aliphatic heterocycles. The van der Waals surface area contributed by atoms with E-state index >= 15 is 0 Å². The summed E-state index contributed by atoms with van der Waals surface area (Å²) in [5.41, 5.74) is 4.00. The fourth-order valence-corrected chi connectivity index (χ4v) is 3.73. The second kappa shape index (κ2) is 8.52. The van der Waals surface area contributed by atoms with Gasteiger partial charge in [-0.15, -0.1) is 0 Å². The molecule has 0 saturated heterocycles. The lowest BCUT2D eigenvalue weighted by Gasteiger charge is -2.11. The number of fused-ring (bicyclic) bond motifs is 1. The van der Waals surface area contributed by atoms with Crippen LogP contribution in [0, 0.1) is 6.92 Å². The second-order valence-electron chi connectivity index (χ2n) is 7.46. The molecule has 0 aliphatic rings. The van der Waals surface area contributed by atoms with Gasteiger partial charge in [0.05, 0.1) is 11.2 Å². The van der Waals surface area contributed by atoms with Crippen molar-refractivity contribution in [1.29, 1.82) is 0 Å². The van der Waals surface area contributed by atoms with Crippen LogP contribution in [-0.2, 0) is 18.4 Å². The zero-order chi connectivity index (χ0) is 22.0. The fourth-order valence-electron chi connectivity index (χ4n) is 3.73. The van der Waals surface area contributed by atoms with Crippen molar-refractivity contribution < 1.29 is 14.6 Å². The van der Waals surface area contributed by atoms with Gasteiger partial charge >= 0.3 is 5.97 Å². The first-order valence-corrected chi connectivity index (χ1v) is 10.2. The highest BCUT2D eigenvalue weighted by Crippen LogP contribution is 2.29. The van der Waals surface area contributed by atoms with Crippen LogP contribution in [0.3, 0.4) is 0 Å². The number of carboxylic acid groups (broad SMARTS) is 1. The Morgan fingerprint density at radius 3 is 2.65 bits per heavy atom. The molecule has 2 aromatic heterocycles. The molecule has 0 aliphatic carbocycles.